The Kier molecular flexibility index (Phi) is 6.62. The first-order chi connectivity index (χ1) is 15.2. The van der Waals surface area contributed by atoms with Crippen molar-refractivity contribution in [2.45, 2.75) is 26.4 Å². The van der Waals surface area contributed by atoms with Crippen molar-refractivity contribution in [3.63, 3.8) is 0 Å². The lowest BCUT2D eigenvalue weighted by molar-refractivity contribution is -0.385. The Morgan fingerprint density at radius 1 is 1.16 bits per heavy atom. The van der Waals surface area contributed by atoms with Crippen molar-refractivity contribution in [1.29, 1.82) is 0 Å². The molecule has 2 aromatic carbocycles. The Labute approximate surface area is 183 Å². The van der Waals surface area contributed by atoms with Crippen LogP contribution in [-0.4, -0.2) is 46.1 Å². The molecule has 1 heterocycles. The summed E-state index contributed by atoms with van der Waals surface area (Å²) in [6, 6.07) is 12.1. The number of carbonyl (C=O) groups excluding carboxylic acids is 4. The van der Waals surface area contributed by atoms with Gasteiger partial charge in [0.15, 0.2) is 6.10 Å². The molecule has 32 heavy (non-hydrogen) atoms. The predicted octanol–water partition coefficient (Wildman–Crippen LogP) is 2.21. The minimum Gasteiger partial charge on any atom is -0.454 e. The highest BCUT2D eigenvalue weighted by molar-refractivity contribution is 6.01. The molecule has 166 valence electrons. The maximum atomic E-state index is 12.5. The molecule has 0 unspecified atom stereocenters. The van der Waals surface area contributed by atoms with Crippen LogP contribution in [0.25, 0.3) is 0 Å². The fourth-order valence-corrected chi connectivity index (χ4v) is 3.26. The number of aryl methyl sites for hydroxylation is 1. The van der Waals surface area contributed by atoms with Gasteiger partial charge < -0.3 is 4.74 Å². The smallest absolute Gasteiger partial charge is 0.312 e. The van der Waals surface area contributed by atoms with E-state index in [0.717, 1.165) is 10.6 Å². The van der Waals surface area contributed by atoms with Crippen LogP contribution < -0.4 is 5.43 Å². The number of para-hydroxylation sites is 1. The number of rotatable bonds is 7. The molecular formula is C22H21N3O7. The van der Waals surface area contributed by atoms with Gasteiger partial charge in [-0.1, -0.05) is 42.0 Å². The number of carbonyl (C=O) groups is 4. The minimum atomic E-state index is -1.05. The fraction of sp³-hybridized carbons (Fsp3) is 0.273. The number of hydrogen-bond donors (Lipinski definition) is 1. The van der Waals surface area contributed by atoms with Gasteiger partial charge in [0.05, 0.1) is 17.4 Å². The van der Waals surface area contributed by atoms with E-state index < -0.39 is 40.4 Å². The van der Waals surface area contributed by atoms with E-state index in [0.29, 0.717) is 5.56 Å². The lowest BCUT2D eigenvalue weighted by Crippen LogP contribution is -2.43. The van der Waals surface area contributed by atoms with E-state index in [1.54, 1.807) is 24.3 Å². The summed E-state index contributed by atoms with van der Waals surface area (Å²) in [5, 5.41) is 12.0. The van der Waals surface area contributed by atoms with Gasteiger partial charge in [-0.2, -0.15) is 0 Å². The standard InChI is InChI=1S/C22H21N3O7/c1-13-7-9-15(10-8-13)20(27)14(2)32-22(29)16-11-19(26)24(12-16)23-21(28)17-5-3-4-6-18(17)25(30)31/h3-10,14,16H,11-12H2,1-2H3,(H,23,28)/t14-,16+/m0/s1. The fourth-order valence-electron chi connectivity index (χ4n) is 3.26. The Bertz CT molecular complexity index is 1080. The quantitative estimate of drug-likeness (QED) is 0.302. The van der Waals surface area contributed by atoms with Crippen molar-refractivity contribution >= 4 is 29.3 Å². The second-order valence-electron chi connectivity index (χ2n) is 7.43. The Morgan fingerprint density at radius 3 is 2.47 bits per heavy atom. The van der Waals surface area contributed by atoms with Crippen LogP contribution >= 0.6 is 0 Å². The molecule has 0 saturated carbocycles. The third-order valence-electron chi connectivity index (χ3n) is 5.04. The molecule has 3 rings (SSSR count). The lowest BCUT2D eigenvalue weighted by Gasteiger charge is -2.18. The largest absolute Gasteiger partial charge is 0.454 e. The highest BCUT2D eigenvalue weighted by Gasteiger charge is 2.38. The van der Waals surface area contributed by atoms with Gasteiger partial charge in [-0.3, -0.25) is 39.7 Å². The third kappa shape index (κ3) is 4.97. The van der Waals surface area contributed by atoms with E-state index in [1.165, 1.54) is 31.2 Å². The molecule has 0 aromatic heterocycles. The van der Waals surface area contributed by atoms with Crippen LogP contribution in [0.4, 0.5) is 5.69 Å². The van der Waals surface area contributed by atoms with E-state index >= 15 is 0 Å². The molecule has 10 nitrogen and oxygen atoms in total. The minimum absolute atomic E-state index is 0.171. The van der Waals surface area contributed by atoms with Gasteiger partial charge in [-0.05, 0) is 19.9 Å². The zero-order valence-electron chi connectivity index (χ0n) is 17.4. The lowest BCUT2D eigenvalue weighted by atomic mass is 10.1. The number of benzene rings is 2. The summed E-state index contributed by atoms with van der Waals surface area (Å²) in [6.45, 7) is 3.16. The Balaban J connectivity index is 1.61. The summed E-state index contributed by atoms with van der Waals surface area (Å²) in [7, 11) is 0. The highest BCUT2D eigenvalue weighted by Crippen LogP contribution is 2.21. The van der Waals surface area contributed by atoms with Gasteiger partial charge in [0, 0.05) is 18.1 Å². The molecule has 1 aliphatic rings. The zero-order chi connectivity index (χ0) is 23.4. The van der Waals surface area contributed by atoms with Gasteiger partial charge in [0.25, 0.3) is 11.6 Å². The van der Waals surface area contributed by atoms with E-state index in [2.05, 4.69) is 5.43 Å². The van der Waals surface area contributed by atoms with Crippen LogP contribution in [0.2, 0.25) is 0 Å². The molecule has 10 heteroatoms. The van der Waals surface area contributed by atoms with Crippen molar-refractivity contribution in [2.24, 2.45) is 5.92 Å². The summed E-state index contributed by atoms with van der Waals surface area (Å²) >= 11 is 0. The predicted molar refractivity (Wildman–Crippen MR) is 111 cm³/mol. The highest BCUT2D eigenvalue weighted by atomic mass is 16.6. The van der Waals surface area contributed by atoms with E-state index in [1.807, 2.05) is 6.92 Å². The van der Waals surface area contributed by atoms with Gasteiger partial charge in [-0.15, -0.1) is 0 Å². The summed E-state index contributed by atoms with van der Waals surface area (Å²) < 4.78 is 5.25. The molecule has 0 bridgehead atoms. The number of ether oxygens (including phenoxy) is 1. The average Bonchev–Trinajstić information content (AvgIpc) is 3.14. The van der Waals surface area contributed by atoms with Crippen LogP contribution in [0.5, 0.6) is 0 Å². The number of ketones is 1. The first-order valence-electron chi connectivity index (χ1n) is 9.83. The maximum absolute atomic E-state index is 12.5. The second-order valence-corrected chi connectivity index (χ2v) is 7.43. The number of nitro groups is 1. The van der Waals surface area contributed by atoms with E-state index in [4.69, 9.17) is 4.74 Å². The first-order valence-corrected chi connectivity index (χ1v) is 9.83. The second kappa shape index (κ2) is 9.38. The monoisotopic (exact) mass is 439 g/mol. The number of nitrogens with zero attached hydrogens (tertiary/aromatic N) is 2. The van der Waals surface area contributed by atoms with Crippen LogP contribution in [0.1, 0.15) is 39.6 Å². The average molecular weight is 439 g/mol. The molecule has 1 saturated heterocycles. The number of nitro benzene ring substituents is 1. The van der Waals surface area contributed by atoms with Gasteiger partial charge in [-0.25, -0.2) is 0 Å². The van der Waals surface area contributed by atoms with Gasteiger partial charge in [0.2, 0.25) is 11.7 Å². The van der Waals surface area contributed by atoms with Crippen LogP contribution in [-0.2, 0) is 14.3 Å². The third-order valence-corrected chi connectivity index (χ3v) is 5.04. The number of Topliss-reactive ketones (excluding diaryl/α,β-unsaturated/α-hetero) is 1. The molecule has 2 aromatic rings. The normalized spacial score (nSPS) is 16.4. The first kappa shape index (κ1) is 22.6. The topological polar surface area (TPSA) is 136 Å². The van der Waals surface area contributed by atoms with Crippen LogP contribution in [0.3, 0.4) is 0 Å². The van der Waals surface area contributed by atoms with Crippen LogP contribution in [0.15, 0.2) is 48.5 Å². The Hall–Kier alpha value is -4.08. The number of amides is 2. The van der Waals surface area contributed by atoms with Crippen molar-refractivity contribution < 1.29 is 28.8 Å². The molecule has 2 amide bonds. The molecule has 2 atom stereocenters. The molecule has 1 fully saturated rings. The Morgan fingerprint density at radius 2 is 1.81 bits per heavy atom. The molecule has 1 aliphatic heterocycles. The van der Waals surface area contributed by atoms with Gasteiger partial charge in [0.1, 0.15) is 5.56 Å². The molecular weight excluding hydrogens is 418 g/mol. The SMILES string of the molecule is Cc1ccc(C(=O)[C@H](C)OC(=O)[C@@H]2CC(=O)N(NC(=O)c3ccccc3[N+](=O)[O-])C2)cc1. The maximum Gasteiger partial charge on any atom is 0.312 e. The number of hydrogen-bond acceptors (Lipinski definition) is 7. The van der Waals surface area contributed by atoms with Crippen LogP contribution in [0, 0.1) is 23.0 Å². The van der Waals surface area contributed by atoms with E-state index in [-0.39, 0.29) is 24.3 Å². The van der Waals surface area contributed by atoms with Gasteiger partial charge >= 0.3 is 5.97 Å². The van der Waals surface area contributed by atoms with Crippen molar-refractivity contribution in [3.8, 4) is 0 Å². The van der Waals surface area contributed by atoms with Crippen molar-refractivity contribution in [2.75, 3.05) is 6.54 Å². The summed E-state index contributed by atoms with van der Waals surface area (Å²) in [6.07, 6.45) is -1.27. The molecule has 0 radical (unpaired) electrons. The summed E-state index contributed by atoms with van der Waals surface area (Å²) in [5.74, 6) is -3.39. The number of esters is 1. The van der Waals surface area contributed by atoms with Crippen molar-refractivity contribution in [3.05, 3.63) is 75.3 Å². The molecule has 0 aliphatic carbocycles. The van der Waals surface area contributed by atoms with Crippen molar-refractivity contribution in [1.82, 2.24) is 10.4 Å². The molecule has 0 spiro atoms. The van der Waals surface area contributed by atoms with E-state index in [9.17, 15) is 29.3 Å². The number of hydrazine groups is 1. The summed E-state index contributed by atoms with van der Waals surface area (Å²) in [4.78, 5) is 60.0. The summed E-state index contributed by atoms with van der Waals surface area (Å²) in [5.41, 5.74) is 3.06. The molecule has 1 N–H and O–H groups in total. The number of nitrogens with one attached hydrogen (secondary N) is 1. The zero-order valence-corrected chi connectivity index (χ0v) is 17.4.